The first kappa shape index (κ1) is 18.2. The highest BCUT2D eigenvalue weighted by Crippen LogP contribution is 2.41. The summed E-state index contributed by atoms with van der Waals surface area (Å²) in [5.74, 6) is 0.793. The molecule has 0 unspecified atom stereocenters. The van der Waals surface area contributed by atoms with E-state index in [1.807, 2.05) is 36.4 Å². The molecule has 26 heavy (non-hydrogen) atoms. The molecule has 0 bridgehead atoms. The average Bonchev–Trinajstić information content (AvgIpc) is 3.12. The standard InChI is InChI=1S/C22H26N2O2/c1-4-15(2)19(23-16(3)25)22-24-20(17-11-7-5-8-12-17)21(26-22)18-13-9-6-10-14-18/h5-15,19-21H,4H2,1-3H3,(H,23,25)/t15-,19-,20-,21-/m0/s1. The number of aliphatic imine (C=N–C) groups is 1. The molecule has 0 saturated carbocycles. The Morgan fingerprint density at radius 3 is 2.19 bits per heavy atom. The van der Waals surface area contributed by atoms with Gasteiger partial charge in [0, 0.05) is 6.92 Å². The van der Waals surface area contributed by atoms with Gasteiger partial charge in [0.25, 0.3) is 0 Å². The van der Waals surface area contributed by atoms with Crippen molar-refractivity contribution in [3.05, 3.63) is 71.8 Å². The normalized spacial score (nSPS) is 21.4. The molecule has 3 rings (SSSR count). The molecule has 1 amide bonds. The molecule has 4 heteroatoms. The van der Waals surface area contributed by atoms with Crippen LogP contribution in [0.1, 0.15) is 50.5 Å². The molecule has 2 aromatic carbocycles. The molecule has 0 saturated heterocycles. The molecule has 1 aliphatic heterocycles. The van der Waals surface area contributed by atoms with E-state index in [0.717, 1.165) is 17.5 Å². The zero-order valence-corrected chi connectivity index (χ0v) is 15.6. The van der Waals surface area contributed by atoms with Gasteiger partial charge in [-0.15, -0.1) is 0 Å². The van der Waals surface area contributed by atoms with Crippen LogP contribution in [0.15, 0.2) is 65.7 Å². The van der Waals surface area contributed by atoms with Crippen LogP contribution in [0.3, 0.4) is 0 Å². The van der Waals surface area contributed by atoms with E-state index in [2.05, 4.69) is 43.4 Å². The van der Waals surface area contributed by atoms with Crippen LogP contribution in [0.2, 0.25) is 0 Å². The van der Waals surface area contributed by atoms with E-state index < -0.39 is 0 Å². The van der Waals surface area contributed by atoms with Crippen LogP contribution in [0, 0.1) is 5.92 Å². The third-order valence-corrected chi connectivity index (χ3v) is 4.91. The summed E-state index contributed by atoms with van der Waals surface area (Å²) in [6.45, 7) is 5.76. The highest BCUT2D eigenvalue weighted by Gasteiger charge is 2.38. The number of ether oxygens (including phenoxy) is 1. The predicted octanol–water partition coefficient (Wildman–Crippen LogP) is 4.45. The third kappa shape index (κ3) is 3.96. The van der Waals surface area contributed by atoms with Crippen LogP contribution in [-0.4, -0.2) is 17.8 Å². The van der Waals surface area contributed by atoms with E-state index in [4.69, 9.17) is 9.73 Å². The Balaban J connectivity index is 1.97. The van der Waals surface area contributed by atoms with E-state index in [9.17, 15) is 4.79 Å². The maximum Gasteiger partial charge on any atom is 0.217 e. The number of carbonyl (C=O) groups is 1. The van der Waals surface area contributed by atoms with Gasteiger partial charge in [-0.2, -0.15) is 0 Å². The minimum absolute atomic E-state index is 0.0685. The molecular weight excluding hydrogens is 324 g/mol. The van der Waals surface area contributed by atoms with Crippen molar-refractivity contribution < 1.29 is 9.53 Å². The highest BCUT2D eigenvalue weighted by atomic mass is 16.5. The Morgan fingerprint density at radius 2 is 1.65 bits per heavy atom. The predicted molar refractivity (Wildman–Crippen MR) is 104 cm³/mol. The Bertz CT molecular complexity index is 758. The first-order valence-corrected chi connectivity index (χ1v) is 9.21. The minimum atomic E-state index is -0.211. The quantitative estimate of drug-likeness (QED) is 0.837. The van der Waals surface area contributed by atoms with Crippen molar-refractivity contribution in [2.75, 3.05) is 0 Å². The van der Waals surface area contributed by atoms with E-state index in [1.165, 1.54) is 6.92 Å². The fourth-order valence-corrected chi connectivity index (χ4v) is 3.28. The summed E-state index contributed by atoms with van der Waals surface area (Å²) in [4.78, 5) is 16.6. The average molecular weight is 350 g/mol. The lowest BCUT2D eigenvalue weighted by Crippen LogP contribution is -2.44. The molecule has 2 aromatic rings. The summed E-state index contributed by atoms with van der Waals surface area (Å²) >= 11 is 0. The van der Waals surface area contributed by atoms with Gasteiger partial charge in [0.05, 0.1) is 0 Å². The maximum absolute atomic E-state index is 11.7. The van der Waals surface area contributed by atoms with Crippen LogP contribution < -0.4 is 5.32 Å². The van der Waals surface area contributed by atoms with Crippen LogP contribution in [0.4, 0.5) is 0 Å². The molecule has 4 nitrogen and oxygen atoms in total. The number of amides is 1. The highest BCUT2D eigenvalue weighted by molar-refractivity contribution is 5.88. The molecule has 1 aliphatic rings. The molecule has 1 N–H and O–H groups in total. The van der Waals surface area contributed by atoms with Crippen molar-refractivity contribution in [3.8, 4) is 0 Å². The molecule has 0 radical (unpaired) electrons. The largest absolute Gasteiger partial charge is 0.469 e. The Hall–Kier alpha value is -2.62. The van der Waals surface area contributed by atoms with Gasteiger partial charge in [-0.25, -0.2) is 4.99 Å². The summed E-state index contributed by atoms with van der Waals surface area (Å²) in [6, 6.07) is 20.0. The monoisotopic (exact) mass is 350 g/mol. The topological polar surface area (TPSA) is 50.7 Å². The lowest BCUT2D eigenvalue weighted by atomic mass is 9.97. The number of hydrogen-bond donors (Lipinski definition) is 1. The first-order valence-electron chi connectivity index (χ1n) is 9.21. The zero-order chi connectivity index (χ0) is 18.5. The van der Waals surface area contributed by atoms with Gasteiger partial charge in [-0.05, 0) is 17.0 Å². The number of nitrogens with zero attached hydrogens (tertiary/aromatic N) is 1. The summed E-state index contributed by atoms with van der Waals surface area (Å²) < 4.78 is 6.34. The molecule has 0 aromatic heterocycles. The Labute approximate surface area is 155 Å². The summed E-state index contributed by atoms with van der Waals surface area (Å²) in [6.07, 6.45) is 0.744. The fraction of sp³-hybridized carbons (Fsp3) is 0.364. The summed E-state index contributed by atoms with van der Waals surface area (Å²) in [7, 11) is 0. The van der Waals surface area contributed by atoms with E-state index in [1.54, 1.807) is 0 Å². The fourth-order valence-electron chi connectivity index (χ4n) is 3.28. The third-order valence-electron chi connectivity index (χ3n) is 4.91. The number of rotatable bonds is 6. The molecular formula is C22H26N2O2. The number of carbonyl (C=O) groups excluding carboxylic acids is 1. The Kier molecular flexibility index (Phi) is 5.71. The van der Waals surface area contributed by atoms with Gasteiger partial charge in [-0.1, -0.05) is 80.9 Å². The second-order valence-corrected chi connectivity index (χ2v) is 6.84. The van der Waals surface area contributed by atoms with Crippen LogP contribution in [-0.2, 0) is 9.53 Å². The van der Waals surface area contributed by atoms with Crippen LogP contribution in [0.25, 0.3) is 0 Å². The zero-order valence-electron chi connectivity index (χ0n) is 15.6. The van der Waals surface area contributed by atoms with Crippen molar-refractivity contribution in [2.45, 2.75) is 45.4 Å². The lowest BCUT2D eigenvalue weighted by Gasteiger charge is -2.24. The molecule has 1 heterocycles. The van der Waals surface area contributed by atoms with Crippen molar-refractivity contribution in [3.63, 3.8) is 0 Å². The minimum Gasteiger partial charge on any atom is -0.469 e. The van der Waals surface area contributed by atoms with Crippen LogP contribution >= 0.6 is 0 Å². The molecule has 0 spiro atoms. The second kappa shape index (κ2) is 8.17. The van der Waals surface area contributed by atoms with E-state index in [0.29, 0.717) is 5.90 Å². The second-order valence-electron chi connectivity index (χ2n) is 6.84. The van der Waals surface area contributed by atoms with Gasteiger partial charge in [-0.3, -0.25) is 4.79 Å². The van der Waals surface area contributed by atoms with Gasteiger partial charge >= 0.3 is 0 Å². The lowest BCUT2D eigenvalue weighted by molar-refractivity contribution is -0.119. The van der Waals surface area contributed by atoms with Gasteiger partial charge in [0.2, 0.25) is 11.8 Å². The smallest absolute Gasteiger partial charge is 0.217 e. The van der Waals surface area contributed by atoms with Gasteiger partial charge in [0.15, 0.2) is 6.10 Å². The summed E-state index contributed by atoms with van der Waals surface area (Å²) in [5.41, 5.74) is 2.20. The van der Waals surface area contributed by atoms with Gasteiger partial charge < -0.3 is 10.1 Å². The van der Waals surface area contributed by atoms with Gasteiger partial charge in [0.1, 0.15) is 12.1 Å². The number of hydrogen-bond acceptors (Lipinski definition) is 3. The number of benzene rings is 2. The molecule has 0 fully saturated rings. The SMILES string of the molecule is CC[C@H](C)[C@H](NC(C)=O)C1=N[C@@H](c2ccccc2)[C@H](c2ccccc2)O1. The van der Waals surface area contributed by atoms with Crippen LogP contribution in [0.5, 0.6) is 0 Å². The molecule has 136 valence electrons. The maximum atomic E-state index is 11.7. The summed E-state index contributed by atoms with van der Waals surface area (Å²) in [5, 5.41) is 3.02. The molecule has 0 aliphatic carbocycles. The molecule has 4 atom stereocenters. The van der Waals surface area contributed by atoms with Crippen molar-refractivity contribution in [2.24, 2.45) is 10.9 Å². The first-order chi connectivity index (χ1) is 12.6. The van der Waals surface area contributed by atoms with E-state index >= 15 is 0 Å². The van der Waals surface area contributed by atoms with Crippen molar-refractivity contribution >= 4 is 11.8 Å². The van der Waals surface area contributed by atoms with Crippen molar-refractivity contribution in [1.82, 2.24) is 5.32 Å². The van der Waals surface area contributed by atoms with Crippen molar-refractivity contribution in [1.29, 1.82) is 0 Å². The van der Waals surface area contributed by atoms with E-state index in [-0.39, 0.29) is 30.0 Å². The Morgan fingerprint density at radius 1 is 1.08 bits per heavy atom. The number of nitrogens with one attached hydrogen (secondary N) is 1.